The molecule has 1 aromatic rings. The van der Waals surface area contributed by atoms with Crippen molar-refractivity contribution in [3.8, 4) is 0 Å². The molecular weight excluding hydrogens is 332 g/mol. The molecule has 1 aliphatic carbocycles. The third-order valence-electron chi connectivity index (χ3n) is 3.35. The number of hydrogen-bond acceptors (Lipinski definition) is 1. The van der Waals surface area contributed by atoms with Crippen LogP contribution < -0.4 is 0 Å². The summed E-state index contributed by atoms with van der Waals surface area (Å²) in [6, 6.07) is 5.97. The molecule has 1 atom stereocenters. The van der Waals surface area contributed by atoms with Crippen molar-refractivity contribution in [1.29, 1.82) is 0 Å². The second kappa shape index (κ2) is 5.65. The topological polar surface area (TPSA) is 20.2 Å². The Bertz CT molecular complexity index is 359. The van der Waals surface area contributed by atoms with Gasteiger partial charge in [-0.3, -0.25) is 0 Å². The van der Waals surface area contributed by atoms with E-state index in [1.807, 2.05) is 18.2 Å². The maximum Gasteiger partial charge on any atom is 0.0803 e. The Hall–Kier alpha value is 0.140. The SMILES string of the molecule is OC(CC1CCCC1)c1ccc(Br)cc1Br. The number of aliphatic hydroxyl groups excluding tert-OH is 1. The largest absolute Gasteiger partial charge is 0.388 e. The van der Waals surface area contributed by atoms with Gasteiger partial charge in [-0.2, -0.15) is 0 Å². The van der Waals surface area contributed by atoms with Gasteiger partial charge in [-0.15, -0.1) is 0 Å². The molecule has 0 heterocycles. The Morgan fingerprint density at radius 2 is 1.94 bits per heavy atom. The van der Waals surface area contributed by atoms with Crippen molar-refractivity contribution in [1.82, 2.24) is 0 Å². The van der Waals surface area contributed by atoms with E-state index in [-0.39, 0.29) is 6.10 Å². The molecule has 0 radical (unpaired) electrons. The molecule has 0 spiro atoms. The van der Waals surface area contributed by atoms with Crippen molar-refractivity contribution in [2.75, 3.05) is 0 Å². The highest BCUT2D eigenvalue weighted by atomic mass is 79.9. The van der Waals surface area contributed by atoms with E-state index in [0.717, 1.165) is 20.9 Å². The van der Waals surface area contributed by atoms with Crippen molar-refractivity contribution >= 4 is 31.9 Å². The molecule has 2 rings (SSSR count). The zero-order chi connectivity index (χ0) is 11.5. The van der Waals surface area contributed by atoms with Gasteiger partial charge in [-0.1, -0.05) is 63.6 Å². The molecule has 1 N–H and O–H groups in total. The lowest BCUT2D eigenvalue weighted by molar-refractivity contribution is 0.144. The van der Waals surface area contributed by atoms with Crippen LogP contribution >= 0.6 is 31.9 Å². The molecule has 0 aliphatic heterocycles. The van der Waals surface area contributed by atoms with Crippen molar-refractivity contribution in [2.24, 2.45) is 5.92 Å². The maximum atomic E-state index is 10.2. The molecule has 1 fully saturated rings. The molecule has 0 aromatic heterocycles. The first-order chi connectivity index (χ1) is 7.66. The van der Waals surface area contributed by atoms with Crippen molar-refractivity contribution < 1.29 is 5.11 Å². The molecule has 1 saturated carbocycles. The third-order valence-corrected chi connectivity index (χ3v) is 4.53. The summed E-state index contributed by atoms with van der Waals surface area (Å²) < 4.78 is 2.03. The lowest BCUT2D eigenvalue weighted by atomic mass is 9.96. The summed E-state index contributed by atoms with van der Waals surface area (Å²) in [5, 5.41) is 10.2. The normalized spacial score (nSPS) is 18.9. The van der Waals surface area contributed by atoms with E-state index in [9.17, 15) is 5.11 Å². The Morgan fingerprint density at radius 3 is 2.56 bits per heavy atom. The second-order valence-corrected chi connectivity index (χ2v) is 6.34. The lowest BCUT2D eigenvalue weighted by Gasteiger charge is -2.17. The predicted octanol–water partition coefficient (Wildman–Crippen LogP) is 4.83. The third kappa shape index (κ3) is 3.08. The van der Waals surface area contributed by atoms with Crippen LogP contribution in [0, 0.1) is 5.92 Å². The van der Waals surface area contributed by atoms with Gasteiger partial charge in [0.2, 0.25) is 0 Å². The molecule has 88 valence electrons. The van der Waals surface area contributed by atoms with Crippen LogP contribution in [0.15, 0.2) is 27.1 Å². The average Bonchev–Trinajstić information content (AvgIpc) is 2.70. The van der Waals surface area contributed by atoms with E-state index in [0.29, 0.717) is 5.92 Å². The zero-order valence-electron chi connectivity index (χ0n) is 9.13. The molecule has 0 amide bonds. The van der Waals surface area contributed by atoms with Crippen LogP contribution in [-0.2, 0) is 0 Å². The minimum Gasteiger partial charge on any atom is -0.388 e. The molecule has 0 bridgehead atoms. The van der Waals surface area contributed by atoms with Gasteiger partial charge in [-0.05, 0) is 30.0 Å². The predicted molar refractivity (Wildman–Crippen MR) is 73.4 cm³/mol. The van der Waals surface area contributed by atoms with E-state index in [4.69, 9.17) is 0 Å². The van der Waals surface area contributed by atoms with Gasteiger partial charge in [0.15, 0.2) is 0 Å². The van der Waals surface area contributed by atoms with Crippen molar-refractivity contribution in [2.45, 2.75) is 38.2 Å². The molecule has 0 saturated heterocycles. The Morgan fingerprint density at radius 1 is 1.25 bits per heavy atom. The van der Waals surface area contributed by atoms with Crippen LogP contribution in [0.2, 0.25) is 0 Å². The van der Waals surface area contributed by atoms with Crippen LogP contribution in [-0.4, -0.2) is 5.11 Å². The van der Waals surface area contributed by atoms with Crippen LogP contribution in [0.1, 0.15) is 43.8 Å². The summed E-state index contributed by atoms with van der Waals surface area (Å²) in [5.41, 5.74) is 1.01. The van der Waals surface area contributed by atoms with Gasteiger partial charge in [0.1, 0.15) is 0 Å². The molecular formula is C13H16Br2O. The first kappa shape index (κ1) is 12.6. The van der Waals surface area contributed by atoms with Gasteiger partial charge >= 0.3 is 0 Å². The van der Waals surface area contributed by atoms with Crippen LogP contribution in [0.3, 0.4) is 0 Å². The highest BCUT2D eigenvalue weighted by Gasteiger charge is 2.20. The fourth-order valence-corrected chi connectivity index (χ4v) is 3.77. The molecule has 1 aromatic carbocycles. The highest BCUT2D eigenvalue weighted by molar-refractivity contribution is 9.11. The van der Waals surface area contributed by atoms with E-state index < -0.39 is 0 Å². The summed E-state index contributed by atoms with van der Waals surface area (Å²) in [6.45, 7) is 0. The zero-order valence-corrected chi connectivity index (χ0v) is 12.3. The van der Waals surface area contributed by atoms with E-state index >= 15 is 0 Å². The second-order valence-electron chi connectivity index (χ2n) is 4.57. The van der Waals surface area contributed by atoms with Gasteiger partial charge in [0, 0.05) is 8.95 Å². The van der Waals surface area contributed by atoms with Crippen LogP contribution in [0.25, 0.3) is 0 Å². The summed E-state index contributed by atoms with van der Waals surface area (Å²) in [7, 11) is 0. The fourth-order valence-electron chi connectivity index (χ4n) is 2.46. The van der Waals surface area contributed by atoms with E-state index in [2.05, 4.69) is 31.9 Å². The van der Waals surface area contributed by atoms with E-state index in [1.165, 1.54) is 25.7 Å². The molecule has 1 nitrogen and oxygen atoms in total. The van der Waals surface area contributed by atoms with Crippen molar-refractivity contribution in [3.63, 3.8) is 0 Å². The molecule has 16 heavy (non-hydrogen) atoms. The lowest BCUT2D eigenvalue weighted by Crippen LogP contribution is -2.05. The highest BCUT2D eigenvalue weighted by Crippen LogP contribution is 2.35. The summed E-state index contributed by atoms with van der Waals surface area (Å²) in [4.78, 5) is 0. The number of hydrogen-bond donors (Lipinski definition) is 1. The van der Waals surface area contributed by atoms with E-state index in [1.54, 1.807) is 0 Å². The van der Waals surface area contributed by atoms with Gasteiger partial charge in [-0.25, -0.2) is 0 Å². The fraction of sp³-hybridized carbons (Fsp3) is 0.538. The number of benzene rings is 1. The van der Waals surface area contributed by atoms with Gasteiger partial charge in [0.05, 0.1) is 6.10 Å². The minimum atomic E-state index is -0.328. The Balaban J connectivity index is 2.04. The summed E-state index contributed by atoms with van der Waals surface area (Å²) in [6.07, 6.45) is 5.81. The van der Waals surface area contributed by atoms with Crippen LogP contribution in [0.4, 0.5) is 0 Å². The summed E-state index contributed by atoms with van der Waals surface area (Å²) >= 11 is 6.93. The minimum absolute atomic E-state index is 0.328. The first-order valence-electron chi connectivity index (χ1n) is 5.80. The Kier molecular flexibility index (Phi) is 4.45. The smallest absolute Gasteiger partial charge is 0.0803 e. The first-order valence-corrected chi connectivity index (χ1v) is 7.38. The molecule has 3 heteroatoms. The van der Waals surface area contributed by atoms with Gasteiger partial charge < -0.3 is 5.11 Å². The molecule has 1 aliphatic rings. The Labute approximate surface area is 114 Å². The van der Waals surface area contributed by atoms with Crippen molar-refractivity contribution in [3.05, 3.63) is 32.7 Å². The number of halogens is 2. The molecule has 1 unspecified atom stereocenters. The van der Waals surface area contributed by atoms with Crippen LogP contribution in [0.5, 0.6) is 0 Å². The van der Waals surface area contributed by atoms with Gasteiger partial charge in [0.25, 0.3) is 0 Å². The monoisotopic (exact) mass is 346 g/mol. The maximum absolute atomic E-state index is 10.2. The summed E-state index contributed by atoms with van der Waals surface area (Å²) in [5.74, 6) is 0.713. The number of aliphatic hydroxyl groups is 1. The average molecular weight is 348 g/mol. The quantitative estimate of drug-likeness (QED) is 0.830. The standard InChI is InChI=1S/C13H16Br2O/c14-10-5-6-11(12(15)8-10)13(16)7-9-3-1-2-4-9/h5-6,8-9,13,16H,1-4,7H2. The number of rotatable bonds is 3.